The summed E-state index contributed by atoms with van der Waals surface area (Å²) in [7, 11) is 5.73. The minimum absolute atomic E-state index is 0.150. The Bertz CT molecular complexity index is 530. The molecule has 5 nitrogen and oxygen atoms in total. The first-order chi connectivity index (χ1) is 11.5. The van der Waals surface area contributed by atoms with E-state index in [-0.39, 0.29) is 11.7 Å². The number of amides is 1. The number of hydrogen-bond donors (Lipinski definition) is 1. The number of nitrogens with zero attached hydrogens (tertiary/aromatic N) is 3. The van der Waals surface area contributed by atoms with Gasteiger partial charge in [-0.05, 0) is 40.2 Å². The fourth-order valence-electron chi connectivity index (χ4n) is 3.03. The Labute approximate surface area is 144 Å². The molecule has 1 aliphatic heterocycles. The van der Waals surface area contributed by atoms with E-state index in [1.54, 1.807) is 37.2 Å². The predicted molar refractivity (Wildman–Crippen MR) is 94.4 cm³/mol. The van der Waals surface area contributed by atoms with Crippen molar-refractivity contribution in [3.8, 4) is 0 Å². The lowest BCUT2D eigenvalue weighted by molar-refractivity contribution is -0.125. The second-order valence-electron chi connectivity index (χ2n) is 6.68. The molecule has 2 rings (SSSR count). The van der Waals surface area contributed by atoms with Gasteiger partial charge in [-0.15, -0.1) is 0 Å². The van der Waals surface area contributed by atoms with E-state index in [0.29, 0.717) is 12.1 Å². The smallest absolute Gasteiger partial charge is 0.242 e. The summed E-state index contributed by atoms with van der Waals surface area (Å²) in [5, 5.41) is 2.95. The van der Waals surface area contributed by atoms with Crippen LogP contribution in [0.5, 0.6) is 0 Å². The van der Waals surface area contributed by atoms with E-state index in [9.17, 15) is 9.18 Å². The molecule has 1 aliphatic rings. The van der Waals surface area contributed by atoms with Crippen LogP contribution in [-0.4, -0.2) is 81.0 Å². The summed E-state index contributed by atoms with van der Waals surface area (Å²) in [5.74, 6) is -0.493. The third-order valence-electron chi connectivity index (χ3n) is 4.51. The van der Waals surface area contributed by atoms with E-state index in [2.05, 4.69) is 22.2 Å². The number of piperazine rings is 1. The molecule has 1 aromatic carbocycles. The Morgan fingerprint density at radius 2 is 1.92 bits per heavy atom. The fraction of sp³-hybridized carbons (Fsp3) is 0.611. The van der Waals surface area contributed by atoms with Gasteiger partial charge >= 0.3 is 0 Å². The van der Waals surface area contributed by atoms with Gasteiger partial charge in [-0.1, -0.05) is 18.2 Å². The minimum Gasteiger partial charge on any atom is -0.354 e. The van der Waals surface area contributed by atoms with Gasteiger partial charge in [0.2, 0.25) is 5.91 Å². The molecule has 1 heterocycles. The molecule has 1 atom stereocenters. The van der Waals surface area contributed by atoms with E-state index >= 15 is 0 Å². The normalized spacial score (nSPS) is 17.9. The molecule has 1 aromatic rings. The zero-order valence-electron chi connectivity index (χ0n) is 15.0. The summed E-state index contributed by atoms with van der Waals surface area (Å²) in [6.07, 6.45) is 0.910. The summed E-state index contributed by atoms with van der Waals surface area (Å²) in [6, 6.07) is 5.86. The van der Waals surface area contributed by atoms with Gasteiger partial charge in [0.15, 0.2) is 0 Å². The molecule has 134 valence electrons. The van der Waals surface area contributed by atoms with Crippen LogP contribution in [0.4, 0.5) is 4.39 Å². The van der Waals surface area contributed by atoms with E-state index in [1.165, 1.54) is 6.07 Å². The Morgan fingerprint density at radius 1 is 1.25 bits per heavy atom. The fourth-order valence-corrected chi connectivity index (χ4v) is 3.03. The minimum atomic E-state index is -0.602. The highest BCUT2D eigenvalue weighted by molar-refractivity contribution is 5.83. The topological polar surface area (TPSA) is 38.8 Å². The highest BCUT2D eigenvalue weighted by atomic mass is 19.1. The summed E-state index contributed by atoms with van der Waals surface area (Å²) in [5.41, 5.74) is 0.416. The first kappa shape index (κ1) is 18.8. The van der Waals surface area contributed by atoms with Crippen molar-refractivity contribution in [1.82, 2.24) is 20.0 Å². The summed E-state index contributed by atoms with van der Waals surface area (Å²) < 4.78 is 14.0. The lowest BCUT2D eigenvalue weighted by atomic mass is 10.0. The maximum absolute atomic E-state index is 14.0. The molecule has 24 heavy (non-hydrogen) atoms. The quantitative estimate of drug-likeness (QED) is 0.759. The van der Waals surface area contributed by atoms with Gasteiger partial charge in [0.05, 0.1) is 0 Å². The summed E-state index contributed by atoms with van der Waals surface area (Å²) >= 11 is 0. The molecular weight excluding hydrogens is 307 g/mol. The third kappa shape index (κ3) is 5.26. The molecular formula is C18H29FN4O. The van der Waals surface area contributed by atoms with Gasteiger partial charge in [0.25, 0.3) is 0 Å². The molecule has 0 radical (unpaired) electrons. The van der Waals surface area contributed by atoms with Crippen molar-refractivity contribution in [2.75, 3.05) is 60.4 Å². The Balaban J connectivity index is 1.80. The molecule has 1 saturated heterocycles. The van der Waals surface area contributed by atoms with Crippen molar-refractivity contribution in [2.45, 2.75) is 12.5 Å². The first-order valence-electron chi connectivity index (χ1n) is 8.58. The second-order valence-corrected chi connectivity index (χ2v) is 6.68. The van der Waals surface area contributed by atoms with E-state index in [1.807, 2.05) is 0 Å². The molecule has 0 bridgehead atoms. The Kier molecular flexibility index (Phi) is 7.15. The van der Waals surface area contributed by atoms with Crippen molar-refractivity contribution in [3.05, 3.63) is 35.6 Å². The lowest BCUT2D eigenvalue weighted by Crippen LogP contribution is -2.45. The number of likely N-dealkylation sites (N-methyl/N-ethyl adjacent to an activating group) is 2. The van der Waals surface area contributed by atoms with Crippen molar-refractivity contribution >= 4 is 5.91 Å². The van der Waals surface area contributed by atoms with Crippen LogP contribution in [0.15, 0.2) is 24.3 Å². The maximum atomic E-state index is 14.0. The van der Waals surface area contributed by atoms with Gasteiger partial charge in [-0.25, -0.2) is 4.39 Å². The molecule has 1 fully saturated rings. The largest absolute Gasteiger partial charge is 0.354 e. The van der Waals surface area contributed by atoms with Crippen molar-refractivity contribution < 1.29 is 9.18 Å². The molecule has 1 amide bonds. The zero-order valence-corrected chi connectivity index (χ0v) is 15.0. The number of nitrogens with one attached hydrogen (secondary N) is 1. The van der Waals surface area contributed by atoms with Crippen LogP contribution in [0.3, 0.4) is 0 Å². The van der Waals surface area contributed by atoms with Gasteiger partial charge in [-0.2, -0.15) is 0 Å². The first-order valence-corrected chi connectivity index (χ1v) is 8.58. The van der Waals surface area contributed by atoms with E-state index in [4.69, 9.17) is 0 Å². The summed E-state index contributed by atoms with van der Waals surface area (Å²) in [4.78, 5) is 19.0. The Morgan fingerprint density at radius 3 is 2.54 bits per heavy atom. The predicted octanol–water partition coefficient (Wildman–Crippen LogP) is 1.18. The van der Waals surface area contributed by atoms with Crippen LogP contribution < -0.4 is 5.32 Å². The highest BCUT2D eigenvalue weighted by Crippen LogP contribution is 2.21. The van der Waals surface area contributed by atoms with Crippen LogP contribution in [0.2, 0.25) is 0 Å². The molecule has 0 spiro atoms. The van der Waals surface area contributed by atoms with Crippen molar-refractivity contribution in [3.63, 3.8) is 0 Å². The van der Waals surface area contributed by atoms with Gasteiger partial charge in [0.1, 0.15) is 11.9 Å². The van der Waals surface area contributed by atoms with Gasteiger partial charge in [-0.3, -0.25) is 9.69 Å². The number of benzene rings is 1. The molecule has 1 N–H and O–H groups in total. The monoisotopic (exact) mass is 336 g/mol. The average Bonchev–Trinajstić information content (AvgIpc) is 2.55. The molecule has 6 heteroatoms. The van der Waals surface area contributed by atoms with E-state index < -0.39 is 6.04 Å². The van der Waals surface area contributed by atoms with Crippen molar-refractivity contribution in [1.29, 1.82) is 0 Å². The highest BCUT2D eigenvalue weighted by Gasteiger charge is 2.25. The van der Waals surface area contributed by atoms with Crippen LogP contribution in [0.25, 0.3) is 0 Å². The maximum Gasteiger partial charge on any atom is 0.242 e. The van der Waals surface area contributed by atoms with E-state index in [0.717, 1.165) is 39.1 Å². The van der Waals surface area contributed by atoms with Gasteiger partial charge < -0.3 is 15.1 Å². The van der Waals surface area contributed by atoms with Gasteiger partial charge in [0, 0.05) is 38.3 Å². The summed E-state index contributed by atoms with van der Waals surface area (Å²) in [6.45, 7) is 5.97. The van der Waals surface area contributed by atoms with Crippen LogP contribution >= 0.6 is 0 Å². The number of carbonyl (C=O) groups is 1. The lowest BCUT2D eigenvalue weighted by Gasteiger charge is -2.32. The average molecular weight is 336 g/mol. The second kappa shape index (κ2) is 9.11. The molecule has 0 aliphatic carbocycles. The standard InChI is InChI=1S/C18H29FN4O/c1-21(2)17(15-7-4-5-8-16(15)19)18(24)20-9-6-10-23-13-11-22(3)12-14-23/h4-5,7-8,17H,6,9-14H2,1-3H3,(H,20,24). The third-order valence-corrected chi connectivity index (χ3v) is 4.51. The number of hydrogen-bond acceptors (Lipinski definition) is 4. The zero-order chi connectivity index (χ0) is 17.5. The Hall–Kier alpha value is -1.50. The van der Waals surface area contributed by atoms with Crippen LogP contribution in [0, 0.1) is 5.82 Å². The number of halogens is 1. The van der Waals surface area contributed by atoms with Crippen molar-refractivity contribution in [2.24, 2.45) is 0 Å². The van der Waals surface area contributed by atoms with Crippen LogP contribution in [-0.2, 0) is 4.79 Å². The molecule has 0 saturated carbocycles. The molecule has 0 aromatic heterocycles. The number of rotatable bonds is 7. The molecule has 1 unspecified atom stereocenters. The van der Waals surface area contributed by atoms with Crippen LogP contribution in [0.1, 0.15) is 18.0 Å². The number of carbonyl (C=O) groups excluding carboxylic acids is 1. The SMILES string of the molecule is CN1CCN(CCCNC(=O)C(c2ccccc2F)N(C)C)CC1.